The molecule has 0 saturated carbocycles. The van der Waals surface area contributed by atoms with E-state index in [0.717, 1.165) is 28.5 Å². The summed E-state index contributed by atoms with van der Waals surface area (Å²) >= 11 is 3.45. The van der Waals surface area contributed by atoms with Crippen molar-refractivity contribution in [2.75, 3.05) is 13.1 Å². The van der Waals surface area contributed by atoms with E-state index < -0.39 is 0 Å². The fraction of sp³-hybridized carbons (Fsp3) is 0.471. The molecule has 1 aliphatic rings. The molecule has 4 nitrogen and oxygen atoms in total. The highest BCUT2D eigenvalue weighted by atomic mass is 79.9. The molecule has 2 N–H and O–H groups in total. The second-order valence-corrected chi connectivity index (χ2v) is 7.44. The number of hydrogen-bond acceptors (Lipinski definition) is 2. The fourth-order valence-corrected chi connectivity index (χ4v) is 3.44. The van der Waals surface area contributed by atoms with E-state index in [9.17, 15) is 4.79 Å². The Labute approximate surface area is 139 Å². The summed E-state index contributed by atoms with van der Waals surface area (Å²) in [7, 11) is 0. The van der Waals surface area contributed by atoms with Crippen molar-refractivity contribution in [3.63, 3.8) is 0 Å². The minimum Gasteiger partial charge on any atom is -0.350 e. The molecule has 0 bridgehead atoms. The molecular weight excluding hydrogens is 342 g/mol. The number of amides is 1. The first-order chi connectivity index (χ1) is 10.4. The van der Waals surface area contributed by atoms with Gasteiger partial charge < -0.3 is 10.3 Å². The van der Waals surface area contributed by atoms with Gasteiger partial charge in [0, 0.05) is 40.5 Å². The zero-order valence-corrected chi connectivity index (χ0v) is 14.8. The standard InChI is InChI=1S/C17H22BrN3O/c1-10(2)21-8-11(3)16(9-21)20-17(22)15-6-12-4-5-13(18)7-14(12)19-15/h4-7,10-11,16,19H,8-9H2,1-3H3,(H,20,22). The van der Waals surface area contributed by atoms with Crippen LogP contribution in [0.5, 0.6) is 0 Å². The first kappa shape index (κ1) is 15.6. The van der Waals surface area contributed by atoms with Crippen LogP contribution >= 0.6 is 15.9 Å². The van der Waals surface area contributed by atoms with Crippen molar-refractivity contribution in [3.8, 4) is 0 Å². The fourth-order valence-electron chi connectivity index (χ4n) is 3.08. The van der Waals surface area contributed by atoms with Gasteiger partial charge >= 0.3 is 0 Å². The Kier molecular flexibility index (Phi) is 4.28. The smallest absolute Gasteiger partial charge is 0.268 e. The van der Waals surface area contributed by atoms with E-state index in [4.69, 9.17) is 0 Å². The van der Waals surface area contributed by atoms with Gasteiger partial charge in [-0.25, -0.2) is 0 Å². The van der Waals surface area contributed by atoms with Crippen LogP contribution in [0.1, 0.15) is 31.3 Å². The van der Waals surface area contributed by atoms with Gasteiger partial charge in [-0.1, -0.05) is 28.9 Å². The van der Waals surface area contributed by atoms with Gasteiger partial charge in [0.15, 0.2) is 0 Å². The van der Waals surface area contributed by atoms with E-state index in [1.165, 1.54) is 0 Å². The lowest BCUT2D eigenvalue weighted by atomic mass is 10.1. The quantitative estimate of drug-likeness (QED) is 0.877. The lowest BCUT2D eigenvalue weighted by molar-refractivity contribution is 0.0926. The van der Waals surface area contributed by atoms with Crippen molar-refractivity contribution in [1.82, 2.24) is 15.2 Å². The lowest BCUT2D eigenvalue weighted by Crippen LogP contribution is -2.40. The molecule has 2 unspecified atom stereocenters. The number of aromatic nitrogens is 1. The van der Waals surface area contributed by atoms with Crippen LogP contribution in [0.2, 0.25) is 0 Å². The average molecular weight is 364 g/mol. The van der Waals surface area contributed by atoms with Crippen LogP contribution < -0.4 is 5.32 Å². The molecule has 1 saturated heterocycles. The monoisotopic (exact) mass is 363 g/mol. The molecule has 0 spiro atoms. The second kappa shape index (κ2) is 6.05. The molecule has 22 heavy (non-hydrogen) atoms. The second-order valence-electron chi connectivity index (χ2n) is 6.52. The van der Waals surface area contributed by atoms with E-state index in [-0.39, 0.29) is 11.9 Å². The minimum absolute atomic E-state index is 0.0187. The first-order valence-electron chi connectivity index (χ1n) is 7.77. The Bertz CT molecular complexity index is 694. The highest BCUT2D eigenvalue weighted by Crippen LogP contribution is 2.22. The van der Waals surface area contributed by atoms with Gasteiger partial charge in [0.25, 0.3) is 5.91 Å². The van der Waals surface area contributed by atoms with E-state index in [0.29, 0.717) is 17.7 Å². The van der Waals surface area contributed by atoms with E-state index in [1.807, 2.05) is 24.3 Å². The third kappa shape index (κ3) is 3.06. The molecular formula is C17H22BrN3O. The molecule has 3 rings (SSSR count). The van der Waals surface area contributed by atoms with Crippen LogP contribution in [0.25, 0.3) is 10.9 Å². The van der Waals surface area contributed by atoms with Gasteiger partial charge in [-0.15, -0.1) is 0 Å². The number of benzene rings is 1. The molecule has 1 aromatic heterocycles. The summed E-state index contributed by atoms with van der Waals surface area (Å²) in [6.07, 6.45) is 0. The van der Waals surface area contributed by atoms with Crippen molar-refractivity contribution >= 4 is 32.7 Å². The van der Waals surface area contributed by atoms with Crippen LogP contribution in [-0.4, -0.2) is 41.0 Å². The molecule has 1 aromatic carbocycles. The summed E-state index contributed by atoms with van der Waals surface area (Å²) in [4.78, 5) is 18.1. The zero-order chi connectivity index (χ0) is 15.9. The number of likely N-dealkylation sites (tertiary alicyclic amines) is 1. The first-order valence-corrected chi connectivity index (χ1v) is 8.56. The number of aromatic amines is 1. The Morgan fingerprint density at radius 1 is 1.36 bits per heavy atom. The minimum atomic E-state index is -0.0187. The predicted molar refractivity (Wildman–Crippen MR) is 93.1 cm³/mol. The normalized spacial score (nSPS) is 22.6. The van der Waals surface area contributed by atoms with Crippen LogP contribution in [0, 0.1) is 5.92 Å². The Morgan fingerprint density at radius 2 is 2.14 bits per heavy atom. The van der Waals surface area contributed by atoms with Crippen molar-refractivity contribution in [2.45, 2.75) is 32.9 Å². The number of nitrogens with zero attached hydrogens (tertiary/aromatic N) is 1. The Morgan fingerprint density at radius 3 is 2.82 bits per heavy atom. The molecule has 5 heteroatoms. The number of H-pyrrole nitrogens is 1. The SMILES string of the molecule is CC1CN(C(C)C)CC1NC(=O)c1cc2ccc(Br)cc2[nH]1. The maximum atomic E-state index is 12.5. The molecule has 1 aliphatic heterocycles. The maximum Gasteiger partial charge on any atom is 0.268 e. The van der Waals surface area contributed by atoms with E-state index in [2.05, 4.69) is 51.9 Å². The van der Waals surface area contributed by atoms with Crippen molar-refractivity contribution < 1.29 is 4.79 Å². The number of fused-ring (bicyclic) bond motifs is 1. The lowest BCUT2D eigenvalue weighted by Gasteiger charge is -2.20. The summed E-state index contributed by atoms with van der Waals surface area (Å²) in [5.41, 5.74) is 1.60. The summed E-state index contributed by atoms with van der Waals surface area (Å²) in [6, 6.07) is 8.63. The molecule has 2 aromatic rings. The van der Waals surface area contributed by atoms with Gasteiger partial charge in [0.1, 0.15) is 5.69 Å². The largest absolute Gasteiger partial charge is 0.350 e. The molecule has 118 valence electrons. The highest BCUT2D eigenvalue weighted by Gasteiger charge is 2.32. The van der Waals surface area contributed by atoms with Crippen LogP contribution in [0.4, 0.5) is 0 Å². The molecule has 0 aliphatic carbocycles. The molecule has 2 atom stereocenters. The number of rotatable bonds is 3. The number of carbonyl (C=O) groups is 1. The van der Waals surface area contributed by atoms with Gasteiger partial charge in [-0.3, -0.25) is 9.69 Å². The summed E-state index contributed by atoms with van der Waals surface area (Å²) in [6.45, 7) is 8.58. The molecule has 1 amide bonds. The number of hydrogen-bond donors (Lipinski definition) is 2. The number of carbonyl (C=O) groups excluding carboxylic acids is 1. The summed E-state index contributed by atoms with van der Waals surface area (Å²) < 4.78 is 1.01. The van der Waals surface area contributed by atoms with E-state index in [1.54, 1.807) is 0 Å². The summed E-state index contributed by atoms with van der Waals surface area (Å²) in [5, 5.41) is 4.23. The molecule has 2 heterocycles. The zero-order valence-electron chi connectivity index (χ0n) is 13.2. The molecule has 0 radical (unpaired) electrons. The van der Waals surface area contributed by atoms with Crippen LogP contribution in [0.15, 0.2) is 28.7 Å². The third-order valence-corrected chi connectivity index (χ3v) is 5.01. The van der Waals surface area contributed by atoms with Crippen molar-refractivity contribution in [2.24, 2.45) is 5.92 Å². The highest BCUT2D eigenvalue weighted by molar-refractivity contribution is 9.10. The van der Waals surface area contributed by atoms with E-state index >= 15 is 0 Å². The summed E-state index contributed by atoms with van der Waals surface area (Å²) in [5.74, 6) is 0.458. The van der Waals surface area contributed by atoms with Gasteiger partial charge in [0.2, 0.25) is 0 Å². The van der Waals surface area contributed by atoms with Crippen LogP contribution in [-0.2, 0) is 0 Å². The Balaban J connectivity index is 1.73. The van der Waals surface area contributed by atoms with Gasteiger partial charge in [-0.2, -0.15) is 0 Å². The van der Waals surface area contributed by atoms with Gasteiger partial charge in [-0.05, 0) is 38.0 Å². The maximum absolute atomic E-state index is 12.5. The van der Waals surface area contributed by atoms with Crippen molar-refractivity contribution in [3.05, 3.63) is 34.4 Å². The number of nitrogens with one attached hydrogen (secondary N) is 2. The predicted octanol–water partition coefficient (Wildman–Crippen LogP) is 3.39. The van der Waals surface area contributed by atoms with Gasteiger partial charge in [0.05, 0.1) is 0 Å². The molecule has 1 fully saturated rings. The van der Waals surface area contributed by atoms with Crippen molar-refractivity contribution in [1.29, 1.82) is 0 Å². The average Bonchev–Trinajstić information content (AvgIpc) is 3.02. The van der Waals surface area contributed by atoms with Crippen LogP contribution in [0.3, 0.4) is 0 Å². The number of halogens is 1. The Hall–Kier alpha value is -1.33. The topological polar surface area (TPSA) is 48.1 Å². The third-order valence-electron chi connectivity index (χ3n) is 4.52.